The van der Waals surface area contributed by atoms with Crippen LogP contribution in [0.4, 0.5) is 0 Å². The molecule has 19 heavy (non-hydrogen) atoms. The molecule has 1 aliphatic rings. The number of benzene rings is 1. The van der Waals surface area contributed by atoms with E-state index in [1.807, 2.05) is 18.2 Å². The Morgan fingerprint density at radius 1 is 1.37 bits per heavy atom. The normalized spacial score (nSPS) is 15.1. The summed E-state index contributed by atoms with van der Waals surface area (Å²) in [6.45, 7) is 3.26. The number of hydrogen-bond donors (Lipinski definition) is 0. The van der Waals surface area contributed by atoms with Gasteiger partial charge in [-0.05, 0) is 12.5 Å². The number of hydrogen-bond acceptors (Lipinski definition) is 4. The third-order valence-corrected chi connectivity index (χ3v) is 3.46. The molecule has 0 spiro atoms. The van der Waals surface area contributed by atoms with E-state index in [9.17, 15) is 0 Å². The summed E-state index contributed by atoms with van der Waals surface area (Å²) in [7, 11) is 1.71. The molecule has 0 fully saturated rings. The van der Waals surface area contributed by atoms with Gasteiger partial charge in [0.1, 0.15) is 18.5 Å². The summed E-state index contributed by atoms with van der Waals surface area (Å²) < 4.78 is 13.3. The molecule has 1 atom stereocenters. The Balaban J connectivity index is 2.02. The molecule has 0 N–H and O–H groups in total. The first-order valence-electron chi connectivity index (χ1n) is 6.49. The lowest BCUT2D eigenvalue weighted by atomic mass is 10.2. The van der Waals surface area contributed by atoms with Gasteiger partial charge in [0.25, 0.3) is 0 Å². The maximum Gasteiger partial charge on any atom is 0.171 e. The minimum absolute atomic E-state index is 0.0217. The Morgan fingerprint density at radius 2 is 2.21 bits per heavy atom. The zero-order valence-corrected chi connectivity index (χ0v) is 11.2. The number of aromatic nitrogens is 3. The molecule has 1 aromatic heterocycles. The lowest BCUT2D eigenvalue weighted by Crippen LogP contribution is -2.12. The molecule has 5 heteroatoms. The molecule has 2 heterocycles. The molecule has 1 aromatic carbocycles. The number of methoxy groups -OCH3 is 1. The van der Waals surface area contributed by atoms with E-state index in [1.165, 1.54) is 0 Å². The van der Waals surface area contributed by atoms with E-state index in [2.05, 4.69) is 27.8 Å². The van der Waals surface area contributed by atoms with Crippen LogP contribution in [-0.2, 0) is 17.9 Å². The molecular formula is C14H17N3O2. The van der Waals surface area contributed by atoms with Crippen LogP contribution in [0.25, 0.3) is 0 Å². The van der Waals surface area contributed by atoms with Gasteiger partial charge >= 0.3 is 0 Å². The van der Waals surface area contributed by atoms with E-state index in [0.29, 0.717) is 6.61 Å². The number of nitrogens with zero attached hydrogens (tertiary/aromatic N) is 3. The van der Waals surface area contributed by atoms with E-state index in [-0.39, 0.29) is 6.10 Å². The summed E-state index contributed by atoms with van der Waals surface area (Å²) in [5.41, 5.74) is 1.15. The quantitative estimate of drug-likeness (QED) is 0.848. The summed E-state index contributed by atoms with van der Waals surface area (Å²) in [5, 5.41) is 8.49. The van der Waals surface area contributed by atoms with Gasteiger partial charge in [-0.2, -0.15) is 0 Å². The Bertz CT molecular complexity index is 576. The Labute approximate surface area is 112 Å². The number of rotatable bonds is 3. The SMILES string of the molecule is CCC(OC)c1nnc2n1Cc1ccccc1OC2. The first-order valence-corrected chi connectivity index (χ1v) is 6.49. The molecular weight excluding hydrogens is 242 g/mol. The highest BCUT2D eigenvalue weighted by Gasteiger charge is 2.23. The predicted molar refractivity (Wildman–Crippen MR) is 69.9 cm³/mol. The second kappa shape index (κ2) is 5.01. The fourth-order valence-corrected chi connectivity index (χ4v) is 2.41. The Hall–Kier alpha value is -1.88. The van der Waals surface area contributed by atoms with Crippen molar-refractivity contribution >= 4 is 0 Å². The second-order valence-corrected chi connectivity index (χ2v) is 4.59. The molecule has 0 saturated heterocycles. The summed E-state index contributed by atoms with van der Waals surface area (Å²) >= 11 is 0. The fraction of sp³-hybridized carbons (Fsp3) is 0.429. The summed E-state index contributed by atoms with van der Waals surface area (Å²) in [5.74, 6) is 2.64. The first-order chi connectivity index (χ1) is 9.33. The van der Waals surface area contributed by atoms with Gasteiger partial charge in [0.05, 0.1) is 6.54 Å². The van der Waals surface area contributed by atoms with Crippen LogP contribution in [0.15, 0.2) is 24.3 Å². The van der Waals surface area contributed by atoms with Gasteiger partial charge in [0.15, 0.2) is 11.6 Å². The maximum atomic E-state index is 5.77. The van der Waals surface area contributed by atoms with E-state index >= 15 is 0 Å². The van der Waals surface area contributed by atoms with Crippen LogP contribution in [0.1, 0.15) is 36.7 Å². The molecule has 1 aliphatic heterocycles. The Kier molecular flexibility index (Phi) is 3.21. The van der Waals surface area contributed by atoms with Crippen molar-refractivity contribution in [3.63, 3.8) is 0 Å². The predicted octanol–water partition coefficient (Wildman–Crippen LogP) is 2.32. The highest BCUT2D eigenvalue weighted by Crippen LogP contribution is 2.27. The highest BCUT2D eigenvalue weighted by molar-refractivity contribution is 5.34. The largest absolute Gasteiger partial charge is 0.485 e. The number of para-hydroxylation sites is 1. The first kappa shape index (κ1) is 12.2. The molecule has 0 amide bonds. The lowest BCUT2D eigenvalue weighted by molar-refractivity contribution is 0.0892. The number of fused-ring (bicyclic) bond motifs is 2. The molecule has 0 radical (unpaired) electrons. The van der Waals surface area contributed by atoms with Gasteiger partial charge in [-0.25, -0.2) is 0 Å². The van der Waals surface area contributed by atoms with Crippen LogP contribution >= 0.6 is 0 Å². The zero-order valence-electron chi connectivity index (χ0n) is 11.2. The monoisotopic (exact) mass is 259 g/mol. The smallest absolute Gasteiger partial charge is 0.171 e. The van der Waals surface area contributed by atoms with Crippen molar-refractivity contribution in [3.05, 3.63) is 41.5 Å². The third-order valence-electron chi connectivity index (χ3n) is 3.46. The van der Waals surface area contributed by atoms with E-state index < -0.39 is 0 Å². The topological polar surface area (TPSA) is 49.2 Å². The van der Waals surface area contributed by atoms with E-state index in [4.69, 9.17) is 9.47 Å². The van der Waals surface area contributed by atoms with Crippen molar-refractivity contribution in [2.75, 3.05) is 7.11 Å². The van der Waals surface area contributed by atoms with Crippen LogP contribution in [0.2, 0.25) is 0 Å². The van der Waals surface area contributed by atoms with Crippen LogP contribution in [0, 0.1) is 0 Å². The van der Waals surface area contributed by atoms with Crippen molar-refractivity contribution < 1.29 is 9.47 Å². The van der Waals surface area contributed by atoms with Gasteiger partial charge in [-0.1, -0.05) is 25.1 Å². The van der Waals surface area contributed by atoms with Crippen LogP contribution in [-0.4, -0.2) is 21.9 Å². The van der Waals surface area contributed by atoms with Crippen molar-refractivity contribution in [1.82, 2.24) is 14.8 Å². The molecule has 0 saturated carbocycles. The van der Waals surface area contributed by atoms with Crippen LogP contribution in [0.5, 0.6) is 5.75 Å². The van der Waals surface area contributed by atoms with Gasteiger partial charge in [0, 0.05) is 12.7 Å². The second-order valence-electron chi connectivity index (χ2n) is 4.59. The summed E-state index contributed by atoms with van der Waals surface area (Å²) in [6.07, 6.45) is 0.850. The van der Waals surface area contributed by atoms with Crippen molar-refractivity contribution in [2.24, 2.45) is 0 Å². The van der Waals surface area contributed by atoms with E-state index in [1.54, 1.807) is 7.11 Å². The highest BCUT2D eigenvalue weighted by atomic mass is 16.5. The average molecular weight is 259 g/mol. The fourth-order valence-electron chi connectivity index (χ4n) is 2.41. The van der Waals surface area contributed by atoms with E-state index in [0.717, 1.165) is 35.9 Å². The van der Waals surface area contributed by atoms with Gasteiger partial charge in [-0.3, -0.25) is 0 Å². The van der Waals surface area contributed by atoms with Crippen LogP contribution < -0.4 is 4.74 Å². The zero-order chi connectivity index (χ0) is 13.2. The van der Waals surface area contributed by atoms with Crippen molar-refractivity contribution in [2.45, 2.75) is 32.6 Å². The van der Waals surface area contributed by atoms with Crippen molar-refractivity contribution in [1.29, 1.82) is 0 Å². The minimum Gasteiger partial charge on any atom is -0.485 e. The van der Waals surface area contributed by atoms with Gasteiger partial charge in [0.2, 0.25) is 0 Å². The molecule has 5 nitrogen and oxygen atoms in total. The minimum atomic E-state index is -0.0217. The molecule has 0 aliphatic carbocycles. The summed E-state index contributed by atoms with van der Waals surface area (Å²) in [4.78, 5) is 0. The van der Waals surface area contributed by atoms with Gasteiger partial charge in [-0.15, -0.1) is 10.2 Å². The maximum absolute atomic E-state index is 5.77. The average Bonchev–Trinajstić information content (AvgIpc) is 2.73. The number of ether oxygens (including phenoxy) is 2. The van der Waals surface area contributed by atoms with Crippen LogP contribution in [0.3, 0.4) is 0 Å². The third kappa shape index (κ3) is 2.10. The Morgan fingerprint density at radius 3 is 3.00 bits per heavy atom. The molecule has 100 valence electrons. The summed E-state index contributed by atoms with van der Waals surface area (Å²) in [6, 6.07) is 8.06. The van der Waals surface area contributed by atoms with Gasteiger partial charge < -0.3 is 14.0 Å². The molecule has 3 rings (SSSR count). The lowest BCUT2D eigenvalue weighted by Gasteiger charge is -2.14. The molecule has 0 bridgehead atoms. The van der Waals surface area contributed by atoms with Crippen molar-refractivity contribution in [3.8, 4) is 5.75 Å². The standard InChI is InChI=1S/C14H17N3O2/c1-3-11(18-2)14-16-15-13-9-19-12-7-5-4-6-10(12)8-17(13)14/h4-7,11H,3,8-9H2,1-2H3. The molecule has 2 aromatic rings. The molecule has 1 unspecified atom stereocenters.